The zero-order valence-corrected chi connectivity index (χ0v) is 14.9. The van der Waals surface area contributed by atoms with E-state index in [4.69, 9.17) is 0 Å². The summed E-state index contributed by atoms with van der Waals surface area (Å²) >= 11 is 0. The molecular weight excluding hydrogens is 363 g/mol. The number of fused-ring (bicyclic) bond motifs is 1. The lowest BCUT2D eigenvalue weighted by atomic mass is 10.1. The molecule has 0 radical (unpaired) electrons. The Kier molecular flexibility index (Phi) is 4.44. The summed E-state index contributed by atoms with van der Waals surface area (Å²) in [6.45, 7) is 0.297. The van der Waals surface area contributed by atoms with Crippen LogP contribution in [0, 0.1) is 5.82 Å². The summed E-state index contributed by atoms with van der Waals surface area (Å²) in [6, 6.07) is 12.6. The zero-order valence-electron chi connectivity index (χ0n) is 14.9. The zero-order chi connectivity index (χ0) is 19.7. The standard InChI is InChI=1S/C20H15FN4O3/c1-28-20(27)14-4-2-13(3-5-14)11-24-12-22-18-17(19(24)26)10-23-25(18)16-8-6-15(21)7-9-16/h2-10,12H,11H2,1H3. The summed E-state index contributed by atoms with van der Waals surface area (Å²) in [6.07, 6.45) is 2.89. The van der Waals surface area contributed by atoms with Gasteiger partial charge in [-0.3, -0.25) is 9.36 Å². The first kappa shape index (κ1) is 17.6. The Morgan fingerprint density at radius 3 is 2.50 bits per heavy atom. The second-order valence-electron chi connectivity index (χ2n) is 6.14. The largest absolute Gasteiger partial charge is 0.465 e. The van der Waals surface area contributed by atoms with E-state index in [9.17, 15) is 14.0 Å². The van der Waals surface area contributed by atoms with Crippen molar-refractivity contribution in [2.45, 2.75) is 6.54 Å². The van der Waals surface area contributed by atoms with Gasteiger partial charge in [0.1, 0.15) is 17.5 Å². The smallest absolute Gasteiger partial charge is 0.337 e. The third-order valence-corrected chi connectivity index (χ3v) is 4.35. The van der Waals surface area contributed by atoms with E-state index in [1.807, 2.05) is 0 Å². The van der Waals surface area contributed by atoms with Crippen molar-refractivity contribution >= 4 is 17.0 Å². The number of esters is 1. The molecule has 2 heterocycles. The third kappa shape index (κ3) is 3.16. The molecule has 28 heavy (non-hydrogen) atoms. The van der Waals surface area contributed by atoms with Gasteiger partial charge in [0.05, 0.1) is 31.1 Å². The predicted octanol–water partition coefficient (Wildman–Crippen LogP) is 2.56. The quantitative estimate of drug-likeness (QED) is 0.510. The molecule has 0 atom stereocenters. The Morgan fingerprint density at radius 2 is 1.82 bits per heavy atom. The maximum atomic E-state index is 13.1. The van der Waals surface area contributed by atoms with Gasteiger partial charge in [-0.15, -0.1) is 0 Å². The minimum atomic E-state index is -0.417. The van der Waals surface area contributed by atoms with Crippen LogP contribution in [0.25, 0.3) is 16.7 Å². The lowest BCUT2D eigenvalue weighted by Crippen LogP contribution is -2.21. The van der Waals surface area contributed by atoms with Crippen molar-refractivity contribution in [3.63, 3.8) is 0 Å². The summed E-state index contributed by atoms with van der Waals surface area (Å²) in [7, 11) is 1.32. The monoisotopic (exact) mass is 378 g/mol. The van der Waals surface area contributed by atoms with Crippen LogP contribution in [-0.2, 0) is 11.3 Å². The van der Waals surface area contributed by atoms with Gasteiger partial charge in [-0.1, -0.05) is 12.1 Å². The van der Waals surface area contributed by atoms with Crippen LogP contribution in [0.15, 0.2) is 65.8 Å². The summed E-state index contributed by atoms with van der Waals surface area (Å²) in [4.78, 5) is 28.6. The Hall–Kier alpha value is -3.81. The van der Waals surface area contributed by atoms with Crippen LogP contribution in [-0.4, -0.2) is 32.4 Å². The Bertz CT molecular complexity index is 1210. The van der Waals surface area contributed by atoms with Gasteiger partial charge >= 0.3 is 5.97 Å². The van der Waals surface area contributed by atoms with E-state index in [2.05, 4.69) is 14.8 Å². The molecule has 0 saturated carbocycles. The number of hydrogen-bond donors (Lipinski definition) is 0. The summed E-state index contributed by atoms with van der Waals surface area (Å²) in [5, 5.41) is 4.57. The molecule has 2 aromatic carbocycles. The van der Waals surface area contributed by atoms with Crippen molar-refractivity contribution in [1.82, 2.24) is 19.3 Å². The second-order valence-corrected chi connectivity index (χ2v) is 6.14. The molecule has 8 heteroatoms. The van der Waals surface area contributed by atoms with Gasteiger partial charge in [-0.05, 0) is 42.0 Å². The normalized spacial score (nSPS) is 10.9. The molecule has 0 amide bonds. The number of halogens is 1. The first-order valence-electron chi connectivity index (χ1n) is 8.43. The highest BCUT2D eigenvalue weighted by Crippen LogP contribution is 2.14. The van der Waals surface area contributed by atoms with Gasteiger partial charge in [-0.25, -0.2) is 18.9 Å². The van der Waals surface area contributed by atoms with E-state index < -0.39 is 5.97 Å². The highest BCUT2D eigenvalue weighted by molar-refractivity contribution is 5.89. The number of hydrogen-bond acceptors (Lipinski definition) is 5. The molecule has 7 nitrogen and oxygen atoms in total. The predicted molar refractivity (Wildman–Crippen MR) is 100.0 cm³/mol. The number of carbonyl (C=O) groups is 1. The Morgan fingerprint density at radius 1 is 1.11 bits per heavy atom. The van der Waals surface area contributed by atoms with Gasteiger partial charge in [0.2, 0.25) is 0 Å². The molecule has 0 aliphatic carbocycles. The van der Waals surface area contributed by atoms with Gasteiger partial charge < -0.3 is 4.74 Å². The Labute approximate surface area is 158 Å². The molecule has 0 unspecified atom stereocenters. The lowest BCUT2D eigenvalue weighted by Gasteiger charge is -2.07. The summed E-state index contributed by atoms with van der Waals surface area (Å²) < 4.78 is 20.8. The fourth-order valence-corrected chi connectivity index (χ4v) is 2.89. The number of benzene rings is 2. The molecule has 0 saturated heterocycles. The molecule has 0 aliphatic heterocycles. The van der Waals surface area contributed by atoms with Crippen molar-refractivity contribution in [2.75, 3.05) is 7.11 Å². The van der Waals surface area contributed by atoms with E-state index in [1.54, 1.807) is 36.4 Å². The molecule has 0 bridgehead atoms. The molecule has 2 aromatic heterocycles. The van der Waals surface area contributed by atoms with Crippen LogP contribution in [0.4, 0.5) is 4.39 Å². The molecule has 4 rings (SSSR count). The highest BCUT2D eigenvalue weighted by Gasteiger charge is 2.12. The van der Waals surface area contributed by atoms with Crippen LogP contribution in [0.2, 0.25) is 0 Å². The number of aromatic nitrogens is 4. The number of ether oxygens (including phenoxy) is 1. The minimum absolute atomic E-state index is 0.240. The average Bonchev–Trinajstić information content (AvgIpc) is 3.15. The van der Waals surface area contributed by atoms with Crippen LogP contribution >= 0.6 is 0 Å². The molecule has 4 aromatic rings. The average molecular weight is 378 g/mol. The Balaban J connectivity index is 1.66. The van der Waals surface area contributed by atoms with Gasteiger partial charge in [-0.2, -0.15) is 5.10 Å². The number of rotatable bonds is 4. The number of methoxy groups -OCH3 is 1. The minimum Gasteiger partial charge on any atom is -0.465 e. The SMILES string of the molecule is COC(=O)c1ccc(Cn2cnc3c(cnn3-c3ccc(F)cc3)c2=O)cc1. The summed E-state index contributed by atoms with van der Waals surface area (Å²) in [5.41, 5.74) is 2.04. The highest BCUT2D eigenvalue weighted by atomic mass is 19.1. The number of nitrogens with zero attached hydrogens (tertiary/aromatic N) is 4. The lowest BCUT2D eigenvalue weighted by molar-refractivity contribution is 0.0600. The van der Waals surface area contributed by atoms with Gasteiger partial charge in [0.25, 0.3) is 5.56 Å². The third-order valence-electron chi connectivity index (χ3n) is 4.35. The van der Waals surface area contributed by atoms with Gasteiger partial charge in [0.15, 0.2) is 5.65 Å². The van der Waals surface area contributed by atoms with Crippen molar-refractivity contribution in [2.24, 2.45) is 0 Å². The first-order valence-corrected chi connectivity index (χ1v) is 8.43. The van der Waals surface area contributed by atoms with Gasteiger partial charge in [0, 0.05) is 0 Å². The fraction of sp³-hybridized carbons (Fsp3) is 0.100. The van der Waals surface area contributed by atoms with E-state index >= 15 is 0 Å². The molecule has 140 valence electrons. The fourth-order valence-electron chi connectivity index (χ4n) is 2.89. The van der Waals surface area contributed by atoms with Crippen molar-refractivity contribution in [3.8, 4) is 5.69 Å². The topological polar surface area (TPSA) is 79.0 Å². The van der Waals surface area contributed by atoms with E-state index in [0.717, 1.165) is 5.56 Å². The number of carbonyl (C=O) groups excluding carboxylic acids is 1. The molecule has 0 spiro atoms. The van der Waals surface area contributed by atoms with Crippen LogP contribution in [0.5, 0.6) is 0 Å². The maximum Gasteiger partial charge on any atom is 0.337 e. The van der Waals surface area contributed by atoms with Crippen molar-refractivity contribution < 1.29 is 13.9 Å². The first-order chi connectivity index (χ1) is 13.6. The maximum absolute atomic E-state index is 13.1. The molecule has 0 aliphatic rings. The van der Waals surface area contributed by atoms with Crippen molar-refractivity contribution in [1.29, 1.82) is 0 Å². The van der Waals surface area contributed by atoms with E-state index in [-0.39, 0.29) is 11.4 Å². The van der Waals surface area contributed by atoms with Crippen LogP contribution in [0.1, 0.15) is 15.9 Å². The van der Waals surface area contributed by atoms with Crippen LogP contribution in [0.3, 0.4) is 0 Å². The molecule has 0 N–H and O–H groups in total. The van der Waals surface area contributed by atoms with Crippen LogP contribution < -0.4 is 5.56 Å². The van der Waals surface area contributed by atoms with Crippen molar-refractivity contribution in [3.05, 3.63) is 88.4 Å². The molecular formula is C20H15FN4O3. The second kappa shape index (κ2) is 7.07. The summed E-state index contributed by atoms with van der Waals surface area (Å²) in [5.74, 6) is -0.770. The molecule has 0 fully saturated rings. The van der Waals surface area contributed by atoms with E-state index in [1.165, 1.54) is 41.0 Å². The van der Waals surface area contributed by atoms with E-state index in [0.29, 0.717) is 28.8 Å².